The zero-order chi connectivity index (χ0) is 18.5. The third kappa shape index (κ3) is 4.12. The SMILES string of the molecule is O=C(C#Cc1ccccc1)Nc1scc(-c2ccc(Cl)cc2)c1C(=O)O. The molecule has 0 saturated carbocycles. The normalized spacial score (nSPS) is 9.88. The topological polar surface area (TPSA) is 66.4 Å². The van der Waals surface area contributed by atoms with Gasteiger partial charge in [-0.25, -0.2) is 4.79 Å². The van der Waals surface area contributed by atoms with Gasteiger partial charge in [-0.1, -0.05) is 47.9 Å². The average molecular weight is 382 g/mol. The summed E-state index contributed by atoms with van der Waals surface area (Å²) < 4.78 is 0. The van der Waals surface area contributed by atoms with Crippen LogP contribution in [0.1, 0.15) is 15.9 Å². The van der Waals surface area contributed by atoms with E-state index in [0.29, 0.717) is 21.7 Å². The van der Waals surface area contributed by atoms with Crippen molar-refractivity contribution in [1.29, 1.82) is 0 Å². The van der Waals surface area contributed by atoms with E-state index in [1.807, 2.05) is 18.2 Å². The van der Waals surface area contributed by atoms with Crippen molar-refractivity contribution in [2.45, 2.75) is 0 Å². The number of hydrogen-bond donors (Lipinski definition) is 2. The minimum atomic E-state index is -1.12. The molecule has 26 heavy (non-hydrogen) atoms. The Morgan fingerprint density at radius 1 is 1.04 bits per heavy atom. The summed E-state index contributed by atoms with van der Waals surface area (Å²) in [4.78, 5) is 23.8. The summed E-state index contributed by atoms with van der Waals surface area (Å²) in [6.45, 7) is 0. The number of amides is 1. The van der Waals surface area contributed by atoms with Crippen LogP contribution in [0, 0.1) is 11.8 Å². The molecule has 1 amide bonds. The fraction of sp³-hybridized carbons (Fsp3) is 0. The van der Waals surface area contributed by atoms with Crippen molar-refractivity contribution in [2.24, 2.45) is 0 Å². The van der Waals surface area contributed by atoms with Crippen molar-refractivity contribution in [3.05, 3.63) is 76.1 Å². The number of hydrogen-bond acceptors (Lipinski definition) is 3. The first-order valence-corrected chi connectivity index (χ1v) is 8.79. The van der Waals surface area contributed by atoms with Crippen LogP contribution in [-0.2, 0) is 4.79 Å². The van der Waals surface area contributed by atoms with Crippen LogP contribution in [0.5, 0.6) is 0 Å². The van der Waals surface area contributed by atoms with Crippen LogP contribution >= 0.6 is 22.9 Å². The highest BCUT2D eigenvalue weighted by atomic mass is 35.5. The number of anilines is 1. The lowest BCUT2D eigenvalue weighted by Crippen LogP contribution is -2.11. The number of carboxylic acid groups (broad SMARTS) is 1. The molecule has 6 heteroatoms. The summed E-state index contributed by atoms with van der Waals surface area (Å²) >= 11 is 7.01. The van der Waals surface area contributed by atoms with Gasteiger partial charge < -0.3 is 10.4 Å². The van der Waals surface area contributed by atoms with E-state index >= 15 is 0 Å². The summed E-state index contributed by atoms with van der Waals surface area (Å²) in [6.07, 6.45) is 0. The maximum Gasteiger partial charge on any atom is 0.339 e. The Hall–Kier alpha value is -3.07. The summed E-state index contributed by atoms with van der Waals surface area (Å²) in [5.41, 5.74) is 1.96. The van der Waals surface area contributed by atoms with Gasteiger partial charge in [-0.3, -0.25) is 4.79 Å². The van der Waals surface area contributed by atoms with Gasteiger partial charge in [0.05, 0.1) is 0 Å². The van der Waals surface area contributed by atoms with Crippen LogP contribution in [0.15, 0.2) is 60.0 Å². The van der Waals surface area contributed by atoms with Crippen LogP contribution < -0.4 is 5.32 Å². The van der Waals surface area contributed by atoms with Gasteiger partial charge in [0, 0.05) is 27.5 Å². The fourth-order valence-electron chi connectivity index (χ4n) is 2.29. The lowest BCUT2D eigenvalue weighted by atomic mass is 10.0. The van der Waals surface area contributed by atoms with Crippen LogP contribution in [0.3, 0.4) is 0 Å². The maximum absolute atomic E-state index is 12.1. The lowest BCUT2D eigenvalue weighted by Gasteiger charge is -2.04. The van der Waals surface area contributed by atoms with Gasteiger partial charge in [0.1, 0.15) is 10.6 Å². The first-order chi connectivity index (χ1) is 12.5. The molecule has 0 bridgehead atoms. The Morgan fingerprint density at radius 3 is 2.38 bits per heavy atom. The quantitative estimate of drug-likeness (QED) is 0.643. The van der Waals surface area contributed by atoms with E-state index in [-0.39, 0.29) is 10.6 Å². The molecule has 1 heterocycles. The third-order valence-corrected chi connectivity index (χ3v) is 4.63. The molecule has 0 saturated heterocycles. The highest BCUT2D eigenvalue weighted by molar-refractivity contribution is 7.15. The van der Waals surface area contributed by atoms with Crippen molar-refractivity contribution >= 4 is 39.8 Å². The second-order valence-electron chi connectivity index (χ2n) is 5.24. The number of benzene rings is 2. The number of nitrogens with one attached hydrogen (secondary N) is 1. The maximum atomic E-state index is 12.1. The number of carbonyl (C=O) groups excluding carboxylic acids is 1. The van der Waals surface area contributed by atoms with Gasteiger partial charge >= 0.3 is 11.9 Å². The van der Waals surface area contributed by atoms with Crippen molar-refractivity contribution in [1.82, 2.24) is 0 Å². The van der Waals surface area contributed by atoms with Crippen LogP contribution in [-0.4, -0.2) is 17.0 Å². The molecule has 1 aromatic heterocycles. The van der Waals surface area contributed by atoms with E-state index in [1.165, 1.54) is 0 Å². The molecule has 2 aromatic carbocycles. The first kappa shape index (κ1) is 17.7. The molecule has 0 aliphatic heterocycles. The van der Waals surface area contributed by atoms with E-state index in [2.05, 4.69) is 17.2 Å². The molecule has 3 aromatic rings. The van der Waals surface area contributed by atoms with Crippen LogP contribution in [0.4, 0.5) is 5.00 Å². The summed E-state index contributed by atoms with van der Waals surface area (Å²) in [5, 5.41) is 14.6. The van der Waals surface area contributed by atoms with Gasteiger partial charge in [0.25, 0.3) is 0 Å². The van der Waals surface area contributed by atoms with Crippen LogP contribution in [0.25, 0.3) is 11.1 Å². The zero-order valence-electron chi connectivity index (χ0n) is 13.3. The minimum Gasteiger partial charge on any atom is -0.478 e. The monoisotopic (exact) mass is 381 g/mol. The number of thiophene rings is 1. The Labute approximate surface area is 159 Å². The number of rotatable bonds is 3. The Bertz CT molecular complexity index is 1010. The average Bonchev–Trinajstić information content (AvgIpc) is 3.05. The summed E-state index contributed by atoms with van der Waals surface area (Å²) in [6, 6.07) is 15.9. The Morgan fingerprint density at radius 2 is 1.73 bits per heavy atom. The van der Waals surface area contributed by atoms with E-state index in [1.54, 1.807) is 41.8 Å². The smallest absolute Gasteiger partial charge is 0.339 e. The van der Waals surface area contributed by atoms with E-state index in [4.69, 9.17) is 11.6 Å². The molecule has 4 nitrogen and oxygen atoms in total. The molecule has 128 valence electrons. The molecule has 0 atom stereocenters. The van der Waals surface area contributed by atoms with Crippen molar-refractivity contribution in [2.75, 3.05) is 5.32 Å². The standard InChI is InChI=1S/C20H12ClNO3S/c21-15-9-7-14(8-10-15)16-12-26-19(18(16)20(24)25)22-17(23)11-6-13-4-2-1-3-5-13/h1-5,7-10,12H,(H,22,23)(H,24,25). The molecule has 2 N–H and O–H groups in total. The summed E-state index contributed by atoms with van der Waals surface area (Å²) in [7, 11) is 0. The van der Waals surface area contributed by atoms with E-state index < -0.39 is 11.9 Å². The molecule has 0 aliphatic carbocycles. The van der Waals surface area contributed by atoms with Gasteiger partial charge in [-0.15, -0.1) is 11.3 Å². The largest absolute Gasteiger partial charge is 0.478 e. The number of carboxylic acids is 1. The molecule has 0 radical (unpaired) electrons. The van der Waals surface area contributed by atoms with Crippen molar-refractivity contribution in [3.8, 4) is 23.0 Å². The van der Waals surface area contributed by atoms with Gasteiger partial charge in [-0.2, -0.15) is 0 Å². The molecule has 0 unspecified atom stereocenters. The van der Waals surface area contributed by atoms with Gasteiger partial charge in [0.15, 0.2) is 0 Å². The zero-order valence-corrected chi connectivity index (χ0v) is 14.9. The second kappa shape index (κ2) is 7.87. The molecule has 3 rings (SSSR count). The number of halogens is 1. The Balaban J connectivity index is 1.87. The van der Waals surface area contributed by atoms with Crippen LogP contribution in [0.2, 0.25) is 5.02 Å². The predicted molar refractivity (Wildman–Crippen MR) is 104 cm³/mol. The molecule has 0 fully saturated rings. The summed E-state index contributed by atoms with van der Waals surface area (Å²) in [5.74, 6) is 3.51. The van der Waals surface area contributed by atoms with Crippen molar-refractivity contribution < 1.29 is 14.7 Å². The fourth-order valence-corrected chi connectivity index (χ4v) is 3.37. The molecular weight excluding hydrogens is 370 g/mol. The first-order valence-electron chi connectivity index (χ1n) is 7.53. The molecule has 0 spiro atoms. The third-order valence-electron chi connectivity index (χ3n) is 3.48. The predicted octanol–water partition coefficient (Wildman–Crippen LogP) is 4.76. The number of carbonyl (C=O) groups is 2. The molecule has 0 aliphatic rings. The van der Waals surface area contributed by atoms with Gasteiger partial charge in [0.2, 0.25) is 0 Å². The van der Waals surface area contributed by atoms with Gasteiger partial charge in [-0.05, 0) is 29.8 Å². The second-order valence-corrected chi connectivity index (χ2v) is 6.55. The lowest BCUT2D eigenvalue weighted by molar-refractivity contribution is -0.111. The number of aromatic carboxylic acids is 1. The Kier molecular flexibility index (Phi) is 5.37. The van der Waals surface area contributed by atoms with E-state index in [0.717, 1.165) is 11.3 Å². The van der Waals surface area contributed by atoms with E-state index in [9.17, 15) is 14.7 Å². The molecular formula is C20H12ClNO3S. The highest BCUT2D eigenvalue weighted by Crippen LogP contribution is 2.36. The van der Waals surface area contributed by atoms with Crippen molar-refractivity contribution in [3.63, 3.8) is 0 Å². The highest BCUT2D eigenvalue weighted by Gasteiger charge is 2.20. The minimum absolute atomic E-state index is 0.0344.